The Kier molecular flexibility index (Phi) is 11.7. The number of benzene rings is 1. The Morgan fingerprint density at radius 3 is 2.59 bits per heavy atom. The third-order valence-electron chi connectivity index (χ3n) is 5.69. The molecule has 1 aromatic carbocycles. The van der Waals surface area contributed by atoms with E-state index in [0.717, 1.165) is 25.7 Å². The van der Waals surface area contributed by atoms with Gasteiger partial charge in [-0.15, -0.1) is 0 Å². The smallest absolute Gasteiger partial charge is 0.272 e. The number of rotatable bonds is 10. The number of nitro benzene ring substituents is 1. The van der Waals surface area contributed by atoms with Gasteiger partial charge in [-0.3, -0.25) is 15.1 Å². The third-order valence-corrected chi connectivity index (χ3v) is 5.69. The van der Waals surface area contributed by atoms with E-state index >= 15 is 0 Å². The van der Waals surface area contributed by atoms with Gasteiger partial charge >= 0.3 is 0 Å². The summed E-state index contributed by atoms with van der Waals surface area (Å²) < 4.78 is 20.0. The fourth-order valence-corrected chi connectivity index (χ4v) is 3.73. The van der Waals surface area contributed by atoms with E-state index in [1.807, 2.05) is 32.9 Å². The molecule has 0 aliphatic carbocycles. The number of ether oxygens (including phenoxy) is 1. The lowest BCUT2D eigenvalue weighted by atomic mass is 10.1. The topological polar surface area (TPSA) is 124 Å². The maximum absolute atomic E-state index is 14.3. The van der Waals surface area contributed by atoms with Gasteiger partial charge in [-0.05, 0) is 58.0 Å². The number of allylic oxidation sites excluding steroid dienone is 2. The lowest BCUT2D eigenvalue weighted by Gasteiger charge is -2.20. The fourth-order valence-electron chi connectivity index (χ4n) is 3.73. The normalized spacial score (nSPS) is 14.4. The van der Waals surface area contributed by atoms with Crippen molar-refractivity contribution in [1.82, 2.24) is 14.9 Å². The number of likely N-dealkylation sites (tertiary alicyclic amines) is 1. The van der Waals surface area contributed by atoms with Gasteiger partial charge in [-0.1, -0.05) is 26.0 Å². The quantitative estimate of drug-likeness (QED) is 0.191. The lowest BCUT2D eigenvalue weighted by molar-refractivity contribution is -0.385. The van der Waals surface area contributed by atoms with Crippen LogP contribution in [0.4, 0.5) is 10.1 Å². The molecule has 1 aromatic heterocycles. The molecule has 4 N–H and O–H groups in total. The Bertz CT molecular complexity index is 1140. The minimum Gasteiger partial charge on any atom is -0.454 e. The van der Waals surface area contributed by atoms with E-state index in [1.54, 1.807) is 30.3 Å². The molecule has 10 heteroatoms. The number of hydrogen-bond acceptors (Lipinski definition) is 8. The molecule has 0 amide bonds. The van der Waals surface area contributed by atoms with Crippen LogP contribution in [-0.2, 0) is 0 Å². The Morgan fingerprint density at radius 2 is 1.97 bits per heavy atom. The van der Waals surface area contributed by atoms with Gasteiger partial charge in [0.2, 0.25) is 0 Å². The largest absolute Gasteiger partial charge is 0.454 e. The number of non-ortho nitro benzene ring substituents is 1. The average molecular weight is 513 g/mol. The Hall–Kier alpha value is -3.76. The van der Waals surface area contributed by atoms with Crippen molar-refractivity contribution in [2.24, 2.45) is 11.6 Å². The van der Waals surface area contributed by atoms with Gasteiger partial charge in [-0.2, -0.15) is 0 Å². The van der Waals surface area contributed by atoms with Gasteiger partial charge in [0, 0.05) is 42.7 Å². The molecule has 0 saturated carbocycles. The number of aromatic nitrogens is 1. The Morgan fingerprint density at radius 1 is 1.27 bits per heavy atom. The predicted molar refractivity (Wildman–Crippen MR) is 145 cm³/mol. The first kappa shape index (κ1) is 29.5. The highest BCUT2D eigenvalue weighted by Crippen LogP contribution is 2.31. The van der Waals surface area contributed by atoms with Crippen molar-refractivity contribution in [2.45, 2.75) is 40.5 Å². The summed E-state index contributed by atoms with van der Waals surface area (Å²) in [4.78, 5) is 17.0. The summed E-state index contributed by atoms with van der Waals surface area (Å²) in [6, 6.07) is 4.84. The number of pyridine rings is 1. The van der Waals surface area contributed by atoms with Gasteiger partial charge in [-0.25, -0.2) is 10.2 Å². The van der Waals surface area contributed by atoms with Crippen LogP contribution in [0.5, 0.6) is 11.5 Å². The highest BCUT2D eigenvalue weighted by Gasteiger charge is 2.15. The van der Waals surface area contributed by atoms with Crippen LogP contribution in [0.15, 0.2) is 60.1 Å². The first-order valence-corrected chi connectivity index (χ1v) is 12.4. The Labute approximate surface area is 218 Å². The molecule has 3 rings (SSSR count). The summed E-state index contributed by atoms with van der Waals surface area (Å²) in [6.45, 7) is 11.4. The standard InChI is InChI=1S/C25H31FN6O3.C2H6/c1-3-6-19(22(27)17-31(28)14-13-30-11-4-5-12-30)15-23-18(2)24(9-10-29-23)35-25-8-7-20(32(33)34)16-21(25)26;1-2/h3,6-10,15-17H,4-5,11-14,27-28H2,1-2H3;1-2H3/b6-3+,19-15+,22-17-;. The fraction of sp³-hybridized carbons (Fsp3) is 0.370. The van der Waals surface area contributed by atoms with Gasteiger partial charge in [0.15, 0.2) is 11.6 Å². The van der Waals surface area contributed by atoms with Crippen LogP contribution in [0, 0.1) is 22.9 Å². The molecule has 0 radical (unpaired) electrons. The van der Waals surface area contributed by atoms with E-state index in [1.165, 1.54) is 31.2 Å². The second kappa shape index (κ2) is 14.7. The second-order valence-electron chi connectivity index (χ2n) is 8.26. The molecule has 200 valence electrons. The van der Waals surface area contributed by atoms with Crippen LogP contribution in [-0.4, -0.2) is 46.0 Å². The molecule has 0 bridgehead atoms. The third kappa shape index (κ3) is 8.69. The number of halogens is 1. The van der Waals surface area contributed by atoms with Gasteiger partial charge < -0.3 is 20.4 Å². The summed E-state index contributed by atoms with van der Waals surface area (Å²) in [5, 5.41) is 12.4. The molecule has 0 spiro atoms. The summed E-state index contributed by atoms with van der Waals surface area (Å²) in [6.07, 6.45) is 11.2. The number of hydrazine groups is 1. The maximum atomic E-state index is 14.3. The molecule has 1 aliphatic heterocycles. The highest BCUT2D eigenvalue weighted by molar-refractivity contribution is 5.63. The van der Waals surface area contributed by atoms with Crippen molar-refractivity contribution in [1.29, 1.82) is 0 Å². The zero-order valence-electron chi connectivity index (χ0n) is 22.0. The molecular weight excluding hydrogens is 475 g/mol. The van der Waals surface area contributed by atoms with Crippen LogP contribution in [0.2, 0.25) is 0 Å². The van der Waals surface area contributed by atoms with E-state index in [4.69, 9.17) is 16.3 Å². The van der Waals surface area contributed by atoms with Crippen molar-refractivity contribution < 1.29 is 14.1 Å². The molecule has 2 aromatic rings. The van der Waals surface area contributed by atoms with Crippen LogP contribution < -0.4 is 16.3 Å². The second-order valence-corrected chi connectivity index (χ2v) is 8.26. The molecule has 1 aliphatic rings. The molecule has 1 saturated heterocycles. The molecule has 2 heterocycles. The van der Waals surface area contributed by atoms with Gasteiger partial charge in [0.05, 0.1) is 22.4 Å². The van der Waals surface area contributed by atoms with E-state index in [-0.39, 0.29) is 11.4 Å². The van der Waals surface area contributed by atoms with Crippen LogP contribution in [0.1, 0.15) is 44.9 Å². The number of hydrogen-bond donors (Lipinski definition) is 2. The van der Waals surface area contributed by atoms with Crippen LogP contribution in [0.3, 0.4) is 0 Å². The average Bonchev–Trinajstić information content (AvgIpc) is 3.40. The molecule has 9 nitrogen and oxygen atoms in total. The van der Waals surface area contributed by atoms with Crippen molar-refractivity contribution >= 4 is 11.8 Å². The summed E-state index contributed by atoms with van der Waals surface area (Å²) in [7, 11) is 0. The van der Waals surface area contributed by atoms with E-state index in [2.05, 4.69) is 9.88 Å². The SMILES string of the molecule is C/C=C/C(=C\c1nccc(Oc2ccc([N+](=O)[O-])cc2F)c1C)C(/N)=C/N(N)CCN1CCCC1.CC. The zero-order valence-corrected chi connectivity index (χ0v) is 22.0. The summed E-state index contributed by atoms with van der Waals surface area (Å²) >= 11 is 0. The summed E-state index contributed by atoms with van der Waals surface area (Å²) in [5.74, 6) is 5.57. The highest BCUT2D eigenvalue weighted by atomic mass is 19.1. The van der Waals surface area contributed by atoms with Gasteiger partial charge in [0.25, 0.3) is 5.69 Å². The Balaban J connectivity index is 0.00000235. The molecular formula is C27H37FN6O3. The lowest BCUT2D eigenvalue weighted by Crippen LogP contribution is -2.35. The number of nitro groups is 1. The van der Waals surface area contributed by atoms with Crippen molar-refractivity contribution in [3.05, 3.63) is 87.3 Å². The first-order valence-electron chi connectivity index (χ1n) is 12.4. The molecule has 37 heavy (non-hydrogen) atoms. The molecule has 1 fully saturated rings. The maximum Gasteiger partial charge on any atom is 0.272 e. The number of nitrogens with two attached hydrogens (primary N) is 2. The van der Waals surface area contributed by atoms with Gasteiger partial charge in [0.1, 0.15) is 5.75 Å². The van der Waals surface area contributed by atoms with E-state index in [9.17, 15) is 14.5 Å². The summed E-state index contributed by atoms with van der Waals surface area (Å²) in [5.41, 5.74) is 8.41. The zero-order chi connectivity index (χ0) is 27.4. The van der Waals surface area contributed by atoms with E-state index < -0.39 is 10.7 Å². The van der Waals surface area contributed by atoms with Crippen molar-refractivity contribution in [3.63, 3.8) is 0 Å². The molecule has 0 unspecified atom stereocenters. The predicted octanol–water partition coefficient (Wildman–Crippen LogP) is 5.29. The minimum atomic E-state index is -0.828. The number of nitrogens with zero attached hydrogens (tertiary/aromatic N) is 4. The van der Waals surface area contributed by atoms with E-state index in [0.29, 0.717) is 34.8 Å². The molecule has 0 atom stereocenters. The van der Waals surface area contributed by atoms with Crippen molar-refractivity contribution in [2.75, 3.05) is 26.2 Å². The van der Waals surface area contributed by atoms with Crippen LogP contribution >= 0.6 is 0 Å². The monoisotopic (exact) mass is 512 g/mol. The van der Waals surface area contributed by atoms with Crippen LogP contribution in [0.25, 0.3) is 6.08 Å². The first-order chi connectivity index (χ1) is 17.8. The minimum absolute atomic E-state index is 0.121. The van der Waals surface area contributed by atoms with Crippen molar-refractivity contribution in [3.8, 4) is 11.5 Å².